The number of halogens is 2. The smallest absolute Gasteiger partial charge is 0.343 e. The predicted octanol–water partition coefficient (Wildman–Crippen LogP) is 6.39. The van der Waals surface area contributed by atoms with Crippen LogP contribution in [0.5, 0.6) is 11.5 Å². The molecule has 4 rings (SSSR count). The zero-order valence-corrected chi connectivity index (χ0v) is 23.9. The molecule has 0 atom stereocenters. The number of carbonyl (C=O) groups is 3. The highest BCUT2D eigenvalue weighted by Gasteiger charge is 2.24. The quantitative estimate of drug-likeness (QED) is 0.0644. The summed E-state index contributed by atoms with van der Waals surface area (Å²) in [6, 6.07) is 16.9. The number of unbranched alkanes of at least 4 members (excludes halogenated alkanes) is 2. The normalized spacial score (nSPS) is 11.0. The Morgan fingerprint density at radius 2 is 1.59 bits per heavy atom. The summed E-state index contributed by atoms with van der Waals surface area (Å²) in [5.41, 5.74) is 6.95. The third-order valence-corrected chi connectivity index (χ3v) is 7.43. The molecule has 4 aromatic rings. The lowest BCUT2D eigenvalue weighted by atomic mass is 9.98. The molecule has 1 heterocycles. The number of carbonyl (C=O) groups excluding carboxylic acids is 3. The minimum absolute atomic E-state index is 0.134. The van der Waals surface area contributed by atoms with Crippen LogP contribution in [0.3, 0.4) is 0 Å². The maximum absolute atomic E-state index is 13.7. The first-order chi connectivity index (χ1) is 17.7. The Labute approximate surface area is 240 Å². The maximum atomic E-state index is 13.7. The summed E-state index contributed by atoms with van der Waals surface area (Å²) in [5.74, 6) is -0.107. The molecule has 37 heavy (non-hydrogen) atoms. The molecule has 0 aliphatic rings. The number of amides is 1. The van der Waals surface area contributed by atoms with Crippen LogP contribution in [0.2, 0.25) is 0 Å². The Bertz CT molecular complexity index is 1460. The molecule has 0 aliphatic carbocycles. The first-order valence-electron chi connectivity index (χ1n) is 11.6. The monoisotopic (exact) mass is 723 g/mol. The lowest BCUT2D eigenvalue weighted by molar-refractivity contribution is -0.118. The van der Waals surface area contributed by atoms with E-state index in [-0.39, 0.29) is 17.4 Å². The number of nitrogens with two attached hydrogens (primary N) is 1. The summed E-state index contributed by atoms with van der Waals surface area (Å²) in [4.78, 5) is 37.2. The van der Waals surface area contributed by atoms with Gasteiger partial charge in [0.2, 0.25) is 5.91 Å². The minimum atomic E-state index is -0.495. The van der Waals surface area contributed by atoms with E-state index in [0.29, 0.717) is 72.0 Å². The van der Waals surface area contributed by atoms with Gasteiger partial charge < -0.3 is 20.0 Å². The van der Waals surface area contributed by atoms with Gasteiger partial charge in [-0.1, -0.05) is 24.6 Å². The van der Waals surface area contributed by atoms with Crippen LogP contribution in [0.1, 0.15) is 57.7 Å². The molecule has 0 aliphatic heterocycles. The fourth-order valence-electron chi connectivity index (χ4n) is 3.96. The average molecular weight is 723 g/mol. The van der Waals surface area contributed by atoms with E-state index in [1.807, 2.05) is 51.2 Å². The Balaban J connectivity index is 1.67. The van der Waals surface area contributed by atoms with Crippen molar-refractivity contribution >= 4 is 73.8 Å². The van der Waals surface area contributed by atoms with Crippen molar-refractivity contribution in [1.82, 2.24) is 0 Å². The molecule has 7 nitrogen and oxygen atoms in total. The number of phenols is 1. The number of rotatable bonds is 10. The fraction of sp³-hybridized carbons (Fsp3) is 0.179. The SMILES string of the molecule is NC(=O)CCCCCc1oc2cc(OC(=O)c3ccccc3)ccc2c1C(=O)c1cc(I)c(O)c(I)c1. The summed E-state index contributed by atoms with van der Waals surface area (Å²) in [6.45, 7) is 0. The molecule has 3 N–H and O–H groups in total. The molecule has 9 heteroatoms. The first kappa shape index (κ1) is 27.1. The van der Waals surface area contributed by atoms with E-state index in [4.69, 9.17) is 14.9 Å². The van der Waals surface area contributed by atoms with Crippen molar-refractivity contribution in [3.63, 3.8) is 0 Å². The van der Waals surface area contributed by atoms with Crippen LogP contribution in [0, 0.1) is 7.14 Å². The van der Waals surface area contributed by atoms with Gasteiger partial charge in [-0.05, 0) is 94.4 Å². The van der Waals surface area contributed by atoms with E-state index in [9.17, 15) is 19.5 Å². The number of aryl methyl sites for hydroxylation is 1. The second kappa shape index (κ2) is 12.1. The second-order valence-corrected chi connectivity index (χ2v) is 10.8. The van der Waals surface area contributed by atoms with Gasteiger partial charge in [0.25, 0.3) is 0 Å². The fourth-order valence-corrected chi connectivity index (χ4v) is 5.73. The van der Waals surface area contributed by atoms with Crippen LogP contribution >= 0.6 is 45.2 Å². The molecule has 0 fully saturated rings. The van der Waals surface area contributed by atoms with Gasteiger partial charge in [0, 0.05) is 29.9 Å². The molecule has 0 spiro atoms. The Kier molecular flexibility index (Phi) is 8.85. The average Bonchev–Trinajstić information content (AvgIpc) is 3.24. The van der Waals surface area contributed by atoms with Crippen molar-refractivity contribution < 1.29 is 28.6 Å². The molecule has 190 valence electrons. The molecule has 1 amide bonds. The Morgan fingerprint density at radius 3 is 2.27 bits per heavy atom. The van der Waals surface area contributed by atoms with Crippen LogP contribution < -0.4 is 10.5 Å². The number of esters is 1. The van der Waals surface area contributed by atoms with Gasteiger partial charge in [0.05, 0.1) is 18.3 Å². The molecular formula is C28H23I2NO6. The van der Waals surface area contributed by atoms with Crippen LogP contribution in [-0.2, 0) is 11.2 Å². The highest BCUT2D eigenvalue weighted by molar-refractivity contribution is 14.1. The molecule has 0 radical (unpaired) electrons. The number of furan rings is 1. The molecule has 0 saturated carbocycles. The lowest BCUT2D eigenvalue weighted by Gasteiger charge is -2.07. The van der Waals surface area contributed by atoms with E-state index in [0.717, 1.165) is 6.42 Å². The molecule has 0 bridgehead atoms. The van der Waals surface area contributed by atoms with Crippen LogP contribution in [-0.4, -0.2) is 22.8 Å². The number of fused-ring (bicyclic) bond motifs is 1. The first-order valence-corrected chi connectivity index (χ1v) is 13.7. The van der Waals surface area contributed by atoms with Gasteiger partial charge in [-0.25, -0.2) is 4.79 Å². The summed E-state index contributed by atoms with van der Waals surface area (Å²) >= 11 is 3.99. The van der Waals surface area contributed by atoms with Crippen molar-refractivity contribution in [2.75, 3.05) is 0 Å². The zero-order chi connectivity index (χ0) is 26.5. The van der Waals surface area contributed by atoms with Crippen LogP contribution in [0.15, 0.2) is 65.1 Å². The Hall–Kier alpha value is -2.93. The van der Waals surface area contributed by atoms with Crippen molar-refractivity contribution in [2.24, 2.45) is 5.73 Å². The standard InChI is InChI=1S/C28H23I2NO6/c29-20-13-17(14-21(30)27(20)34)26(33)25-19-12-11-18(36-28(35)16-7-3-1-4-8-16)15-23(19)37-22(25)9-5-2-6-10-24(31)32/h1,3-4,7-8,11-15,34H,2,5-6,9-10H2,(H2,31,32). The topological polar surface area (TPSA) is 120 Å². The molecule has 3 aromatic carbocycles. The highest BCUT2D eigenvalue weighted by Crippen LogP contribution is 2.34. The van der Waals surface area contributed by atoms with Gasteiger partial charge in [-0.3, -0.25) is 9.59 Å². The summed E-state index contributed by atoms with van der Waals surface area (Å²) in [6.07, 6.45) is 2.91. The predicted molar refractivity (Wildman–Crippen MR) is 156 cm³/mol. The van der Waals surface area contributed by atoms with E-state index >= 15 is 0 Å². The number of ketones is 1. The van der Waals surface area contributed by atoms with Crippen molar-refractivity contribution in [3.8, 4) is 11.5 Å². The lowest BCUT2D eigenvalue weighted by Crippen LogP contribution is -2.09. The van der Waals surface area contributed by atoms with Gasteiger partial charge in [-0.15, -0.1) is 0 Å². The van der Waals surface area contributed by atoms with Crippen molar-refractivity contribution in [2.45, 2.75) is 32.1 Å². The Morgan fingerprint density at radius 1 is 0.892 bits per heavy atom. The van der Waals surface area contributed by atoms with E-state index < -0.39 is 5.97 Å². The number of hydrogen-bond donors (Lipinski definition) is 2. The molecule has 0 unspecified atom stereocenters. The summed E-state index contributed by atoms with van der Waals surface area (Å²) in [7, 11) is 0. The van der Waals surface area contributed by atoms with E-state index in [1.165, 1.54) is 0 Å². The minimum Gasteiger partial charge on any atom is -0.506 e. The second-order valence-electron chi connectivity index (χ2n) is 8.46. The summed E-state index contributed by atoms with van der Waals surface area (Å²) < 4.78 is 12.8. The highest BCUT2D eigenvalue weighted by atomic mass is 127. The summed E-state index contributed by atoms with van der Waals surface area (Å²) in [5, 5.41) is 10.7. The van der Waals surface area contributed by atoms with E-state index in [2.05, 4.69) is 0 Å². The third kappa shape index (κ3) is 6.50. The molecule has 1 aromatic heterocycles. The van der Waals surface area contributed by atoms with Crippen molar-refractivity contribution in [3.05, 3.63) is 90.3 Å². The van der Waals surface area contributed by atoms with Gasteiger partial charge in [-0.2, -0.15) is 0 Å². The number of aromatic hydroxyl groups is 1. The number of primary amides is 1. The number of phenolic OH excluding ortho intramolecular Hbond substituents is 1. The zero-order valence-electron chi connectivity index (χ0n) is 19.6. The third-order valence-electron chi connectivity index (χ3n) is 5.79. The van der Waals surface area contributed by atoms with Gasteiger partial charge in [0.1, 0.15) is 22.8 Å². The van der Waals surface area contributed by atoms with Crippen LogP contribution in [0.25, 0.3) is 11.0 Å². The number of ether oxygens (including phenoxy) is 1. The maximum Gasteiger partial charge on any atom is 0.343 e. The molecule has 0 saturated heterocycles. The van der Waals surface area contributed by atoms with Gasteiger partial charge in [0.15, 0.2) is 5.78 Å². The number of benzene rings is 3. The van der Waals surface area contributed by atoms with Gasteiger partial charge >= 0.3 is 5.97 Å². The van der Waals surface area contributed by atoms with Crippen LogP contribution in [0.4, 0.5) is 0 Å². The molecular weight excluding hydrogens is 700 g/mol. The number of hydrogen-bond acceptors (Lipinski definition) is 6. The largest absolute Gasteiger partial charge is 0.506 e. The van der Waals surface area contributed by atoms with E-state index in [1.54, 1.807) is 54.6 Å². The van der Waals surface area contributed by atoms with Crippen molar-refractivity contribution in [1.29, 1.82) is 0 Å².